The number of halogens is 3. The minimum atomic E-state index is -0.677. The van der Waals surface area contributed by atoms with Gasteiger partial charge in [0.2, 0.25) is 11.8 Å². The zero-order valence-electron chi connectivity index (χ0n) is 20.9. The van der Waals surface area contributed by atoms with Crippen molar-refractivity contribution in [2.45, 2.75) is 51.1 Å². The fourth-order valence-electron chi connectivity index (χ4n) is 3.78. The first-order chi connectivity index (χ1) is 17.8. The first kappa shape index (κ1) is 29.4. The van der Waals surface area contributed by atoms with Crippen LogP contribution in [0.5, 0.6) is 0 Å². The summed E-state index contributed by atoms with van der Waals surface area (Å²) in [5.41, 5.74) is 2.67. The van der Waals surface area contributed by atoms with Crippen molar-refractivity contribution in [1.29, 1.82) is 0 Å². The van der Waals surface area contributed by atoms with Gasteiger partial charge < -0.3 is 10.2 Å². The molecule has 0 radical (unpaired) electrons. The molecule has 0 bridgehead atoms. The van der Waals surface area contributed by atoms with Crippen LogP contribution >= 0.6 is 46.6 Å². The number of nitrogens with one attached hydrogen (secondary N) is 1. The van der Waals surface area contributed by atoms with E-state index >= 15 is 0 Å². The van der Waals surface area contributed by atoms with Crippen molar-refractivity contribution in [1.82, 2.24) is 10.2 Å². The van der Waals surface area contributed by atoms with Gasteiger partial charge in [-0.1, -0.05) is 90.3 Å². The van der Waals surface area contributed by atoms with Crippen LogP contribution in [0.25, 0.3) is 0 Å². The Morgan fingerprint density at radius 2 is 1.54 bits per heavy atom. The molecular weight excluding hydrogens is 547 g/mol. The highest BCUT2D eigenvalue weighted by atomic mass is 35.5. The van der Waals surface area contributed by atoms with E-state index in [9.17, 15) is 9.59 Å². The Morgan fingerprint density at radius 3 is 2.16 bits per heavy atom. The lowest BCUT2D eigenvalue weighted by Gasteiger charge is -2.32. The Morgan fingerprint density at radius 1 is 0.892 bits per heavy atom. The van der Waals surface area contributed by atoms with E-state index in [1.165, 1.54) is 11.8 Å². The van der Waals surface area contributed by atoms with E-state index in [1.54, 1.807) is 35.2 Å². The number of carbonyl (C=O) groups excluding carboxylic acids is 2. The van der Waals surface area contributed by atoms with Crippen LogP contribution in [0.1, 0.15) is 37.0 Å². The Hall–Kier alpha value is -2.18. The Bertz CT molecular complexity index is 1160. The largest absolute Gasteiger partial charge is 0.352 e. The Balaban J connectivity index is 1.87. The van der Waals surface area contributed by atoms with Crippen molar-refractivity contribution in [3.8, 4) is 0 Å². The first-order valence-corrected chi connectivity index (χ1v) is 14.5. The second-order valence-corrected chi connectivity index (χ2v) is 11.1. The van der Waals surface area contributed by atoms with Crippen molar-refractivity contribution in [3.05, 3.63) is 105 Å². The predicted octanol–water partition coefficient (Wildman–Crippen LogP) is 7.43. The number of carbonyl (C=O) groups is 2. The predicted molar refractivity (Wildman–Crippen MR) is 156 cm³/mol. The van der Waals surface area contributed by atoms with Crippen LogP contribution in [0.15, 0.2) is 72.8 Å². The smallest absolute Gasteiger partial charge is 0.243 e. The molecule has 196 valence electrons. The van der Waals surface area contributed by atoms with Crippen LogP contribution in [0.4, 0.5) is 0 Å². The third kappa shape index (κ3) is 8.96. The molecule has 0 saturated carbocycles. The number of hydrogen-bond donors (Lipinski definition) is 1. The summed E-state index contributed by atoms with van der Waals surface area (Å²) in [6, 6.07) is 21.8. The summed E-state index contributed by atoms with van der Waals surface area (Å²) in [5.74, 6) is 0.362. The molecule has 0 saturated heterocycles. The fourth-order valence-corrected chi connectivity index (χ4v) is 5.55. The van der Waals surface area contributed by atoms with Gasteiger partial charge in [-0.25, -0.2) is 0 Å². The highest BCUT2D eigenvalue weighted by molar-refractivity contribution is 7.99. The van der Waals surface area contributed by atoms with Gasteiger partial charge in [-0.3, -0.25) is 9.59 Å². The molecule has 4 nitrogen and oxygen atoms in total. The van der Waals surface area contributed by atoms with Gasteiger partial charge in [0, 0.05) is 39.8 Å². The molecule has 0 aliphatic carbocycles. The zero-order valence-corrected chi connectivity index (χ0v) is 24.0. The number of rotatable bonds is 12. The minimum Gasteiger partial charge on any atom is -0.352 e. The number of thioether (sulfide) groups is 1. The summed E-state index contributed by atoms with van der Waals surface area (Å²) >= 11 is 20.1. The van der Waals surface area contributed by atoms with Crippen molar-refractivity contribution < 1.29 is 9.59 Å². The quantitative estimate of drug-likeness (QED) is 0.243. The molecule has 2 amide bonds. The Kier molecular flexibility index (Phi) is 11.7. The van der Waals surface area contributed by atoms with Crippen LogP contribution in [0, 0.1) is 0 Å². The molecule has 3 rings (SSSR count). The maximum atomic E-state index is 13.7. The lowest BCUT2D eigenvalue weighted by molar-refractivity contribution is -0.139. The molecular formula is C29H31Cl3N2O2S. The third-order valence-corrected chi connectivity index (χ3v) is 7.98. The van der Waals surface area contributed by atoms with Crippen LogP contribution < -0.4 is 5.32 Å². The number of amides is 2. The van der Waals surface area contributed by atoms with Gasteiger partial charge >= 0.3 is 0 Å². The third-order valence-electron chi connectivity index (χ3n) is 6.07. The van der Waals surface area contributed by atoms with Crippen molar-refractivity contribution >= 4 is 58.4 Å². The lowest BCUT2D eigenvalue weighted by atomic mass is 10.0. The molecule has 2 atom stereocenters. The monoisotopic (exact) mass is 576 g/mol. The lowest BCUT2D eigenvalue weighted by Crippen LogP contribution is -2.52. The number of benzene rings is 3. The maximum absolute atomic E-state index is 13.7. The normalized spacial score (nSPS) is 12.6. The number of nitrogens with zero attached hydrogens (tertiary/aromatic N) is 1. The molecule has 0 aliphatic rings. The van der Waals surface area contributed by atoms with Crippen LogP contribution in [0.2, 0.25) is 15.1 Å². The summed E-state index contributed by atoms with van der Waals surface area (Å²) < 4.78 is 0. The summed E-state index contributed by atoms with van der Waals surface area (Å²) in [5, 5.41) is 4.84. The van der Waals surface area contributed by atoms with Gasteiger partial charge in [-0.2, -0.15) is 0 Å². The summed E-state index contributed by atoms with van der Waals surface area (Å²) in [6.45, 7) is 4.27. The topological polar surface area (TPSA) is 49.4 Å². The molecule has 3 aromatic carbocycles. The van der Waals surface area contributed by atoms with Gasteiger partial charge in [0.15, 0.2) is 0 Å². The van der Waals surface area contributed by atoms with E-state index in [2.05, 4.69) is 5.32 Å². The van der Waals surface area contributed by atoms with Crippen LogP contribution in [-0.4, -0.2) is 34.6 Å². The highest BCUT2D eigenvalue weighted by Gasteiger charge is 2.31. The second kappa shape index (κ2) is 14.7. The van der Waals surface area contributed by atoms with Gasteiger partial charge in [0.05, 0.1) is 5.75 Å². The van der Waals surface area contributed by atoms with Crippen LogP contribution in [0.3, 0.4) is 0 Å². The van der Waals surface area contributed by atoms with Gasteiger partial charge in [0.1, 0.15) is 6.04 Å². The molecule has 0 spiro atoms. The van der Waals surface area contributed by atoms with E-state index in [1.807, 2.05) is 56.3 Å². The summed E-state index contributed by atoms with van der Waals surface area (Å²) in [6.07, 6.45) is 1.20. The van der Waals surface area contributed by atoms with E-state index in [-0.39, 0.29) is 30.2 Å². The average molecular weight is 578 g/mol. The van der Waals surface area contributed by atoms with E-state index < -0.39 is 6.04 Å². The molecule has 0 aromatic heterocycles. The maximum Gasteiger partial charge on any atom is 0.243 e. The molecule has 3 aromatic rings. The minimum absolute atomic E-state index is 0.00463. The fraction of sp³-hybridized carbons (Fsp3) is 0.310. The van der Waals surface area contributed by atoms with Gasteiger partial charge in [-0.05, 0) is 54.3 Å². The molecule has 0 fully saturated rings. The van der Waals surface area contributed by atoms with Crippen molar-refractivity contribution in [2.75, 3.05) is 5.75 Å². The highest BCUT2D eigenvalue weighted by Crippen LogP contribution is 2.28. The summed E-state index contributed by atoms with van der Waals surface area (Å²) in [7, 11) is 0. The average Bonchev–Trinajstić information content (AvgIpc) is 2.89. The van der Waals surface area contributed by atoms with E-state index in [4.69, 9.17) is 34.8 Å². The number of hydrogen-bond acceptors (Lipinski definition) is 3. The molecule has 0 unspecified atom stereocenters. The molecule has 0 heterocycles. The standard InChI is InChI=1S/C29H31Cl3N2O2S/c1-3-20(2)33-29(36)27(16-21-8-5-4-6-9-21)34(17-22-12-14-23(30)15-13-22)28(35)19-37-18-24-25(31)10-7-11-26(24)32/h4-15,20,27H,3,16-19H2,1-2H3,(H,33,36)/t20-,27+/m1/s1. The van der Waals surface area contributed by atoms with Crippen LogP contribution in [-0.2, 0) is 28.3 Å². The molecule has 0 aliphatic heterocycles. The van der Waals surface area contributed by atoms with Gasteiger partial charge in [-0.15, -0.1) is 11.8 Å². The molecule has 1 N–H and O–H groups in total. The second-order valence-electron chi connectivity index (χ2n) is 8.86. The van der Waals surface area contributed by atoms with Crippen molar-refractivity contribution in [3.63, 3.8) is 0 Å². The zero-order chi connectivity index (χ0) is 26.8. The first-order valence-electron chi connectivity index (χ1n) is 12.2. The molecule has 8 heteroatoms. The SMILES string of the molecule is CC[C@@H](C)NC(=O)[C@H](Cc1ccccc1)N(Cc1ccc(Cl)cc1)C(=O)CSCc1c(Cl)cccc1Cl. The van der Waals surface area contributed by atoms with E-state index in [0.717, 1.165) is 23.1 Å². The van der Waals surface area contributed by atoms with E-state index in [0.29, 0.717) is 27.2 Å². The van der Waals surface area contributed by atoms with Crippen molar-refractivity contribution in [2.24, 2.45) is 0 Å². The summed E-state index contributed by atoms with van der Waals surface area (Å²) in [4.78, 5) is 28.9. The Labute approximate surface area is 238 Å². The molecule has 37 heavy (non-hydrogen) atoms. The van der Waals surface area contributed by atoms with Gasteiger partial charge in [0.25, 0.3) is 0 Å².